The van der Waals surface area contributed by atoms with Crippen LogP contribution in [-0.4, -0.2) is 6.61 Å². The van der Waals surface area contributed by atoms with Gasteiger partial charge in [-0.05, 0) is 12.1 Å². The Bertz CT molecular complexity index is 280. The molecule has 0 fully saturated rings. The van der Waals surface area contributed by atoms with E-state index in [1.165, 1.54) is 18.2 Å². The van der Waals surface area contributed by atoms with Crippen LogP contribution in [0.3, 0.4) is 0 Å². The molecule has 0 aliphatic carbocycles. The number of ether oxygens (including phenoxy) is 1. The van der Waals surface area contributed by atoms with Crippen molar-refractivity contribution in [2.24, 2.45) is 0 Å². The number of alkyl halides is 2. The molecule has 0 bridgehead atoms. The SMILES string of the molecule is Nc1cccc(OC(F)F)c1Cl. The van der Waals surface area contributed by atoms with E-state index in [2.05, 4.69) is 4.74 Å². The molecule has 66 valence electrons. The summed E-state index contributed by atoms with van der Waals surface area (Å²) in [4.78, 5) is 0. The minimum absolute atomic E-state index is 0.0119. The van der Waals surface area contributed by atoms with Crippen LogP contribution in [0.15, 0.2) is 18.2 Å². The van der Waals surface area contributed by atoms with Crippen LogP contribution in [0.2, 0.25) is 5.02 Å². The van der Waals surface area contributed by atoms with Crippen LogP contribution < -0.4 is 10.5 Å². The van der Waals surface area contributed by atoms with Crippen molar-refractivity contribution in [1.29, 1.82) is 0 Å². The van der Waals surface area contributed by atoms with Gasteiger partial charge < -0.3 is 10.5 Å². The lowest BCUT2D eigenvalue weighted by atomic mass is 10.3. The molecule has 0 saturated carbocycles. The van der Waals surface area contributed by atoms with Gasteiger partial charge in [0.15, 0.2) is 0 Å². The smallest absolute Gasteiger partial charge is 0.387 e. The van der Waals surface area contributed by atoms with Crippen molar-refractivity contribution in [2.45, 2.75) is 6.61 Å². The fourth-order valence-corrected chi connectivity index (χ4v) is 0.885. The molecule has 1 rings (SSSR count). The van der Waals surface area contributed by atoms with Crippen molar-refractivity contribution in [3.05, 3.63) is 23.2 Å². The zero-order valence-corrected chi connectivity index (χ0v) is 6.68. The summed E-state index contributed by atoms with van der Waals surface area (Å²) in [7, 11) is 0. The monoisotopic (exact) mass is 193 g/mol. The predicted octanol–water partition coefficient (Wildman–Crippen LogP) is 2.52. The highest BCUT2D eigenvalue weighted by Crippen LogP contribution is 2.30. The zero-order chi connectivity index (χ0) is 9.14. The van der Waals surface area contributed by atoms with E-state index >= 15 is 0 Å². The van der Waals surface area contributed by atoms with Crippen LogP contribution >= 0.6 is 11.6 Å². The van der Waals surface area contributed by atoms with Gasteiger partial charge in [0.05, 0.1) is 5.69 Å². The first-order valence-electron chi connectivity index (χ1n) is 3.10. The van der Waals surface area contributed by atoms with Crippen LogP contribution in [0.25, 0.3) is 0 Å². The summed E-state index contributed by atoms with van der Waals surface area (Å²) >= 11 is 5.55. The van der Waals surface area contributed by atoms with Gasteiger partial charge in [0, 0.05) is 0 Å². The van der Waals surface area contributed by atoms with Crippen molar-refractivity contribution < 1.29 is 13.5 Å². The molecule has 0 radical (unpaired) electrons. The second-order valence-corrected chi connectivity index (χ2v) is 2.42. The van der Waals surface area contributed by atoms with Crippen LogP contribution in [-0.2, 0) is 0 Å². The molecule has 1 aromatic carbocycles. The van der Waals surface area contributed by atoms with E-state index in [4.69, 9.17) is 17.3 Å². The summed E-state index contributed by atoms with van der Waals surface area (Å²) in [5, 5.41) is 0.0119. The average Bonchev–Trinajstić information content (AvgIpc) is 1.98. The first-order valence-corrected chi connectivity index (χ1v) is 3.48. The van der Waals surface area contributed by atoms with Gasteiger partial charge >= 0.3 is 6.61 Å². The summed E-state index contributed by atoms with van der Waals surface area (Å²) in [5.74, 6) is -0.105. The molecule has 0 aliphatic heterocycles. The Morgan fingerprint density at radius 3 is 2.67 bits per heavy atom. The van der Waals surface area contributed by atoms with Crippen molar-refractivity contribution >= 4 is 17.3 Å². The Labute approximate surface area is 72.9 Å². The maximum absolute atomic E-state index is 11.7. The third-order valence-electron chi connectivity index (χ3n) is 1.21. The molecule has 0 saturated heterocycles. The first-order chi connectivity index (χ1) is 5.61. The molecule has 12 heavy (non-hydrogen) atoms. The van der Waals surface area contributed by atoms with Gasteiger partial charge in [0.2, 0.25) is 0 Å². The van der Waals surface area contributed by atoms with E-state index in [1.807, 2.05) is 0 Å². The second kappa shape index (κ2) is 3.58. The molecule has 0 amide bonds. The standard InChI is InChI=1S/C7H6ClF2NO/c8-6-4(11)2-1-3-5(6)12-7(9)10/h1-3,7H,11H2. The number of hydrogen-bond acceptors (Lipinski definition) is 2. The lowest BCUT2D eigenvalue weighted by Crippen LogP contribution is -2.03. The van der Waals surface area contributed by atoms with Crippen LogP contribution in [0.5, 0.6) is 5.75 Å². The average molecular weight is 194 g/mol. The molecular weight excluding hydrogens is 188 g/mol. The maximum atomic E-state index is 11.7. The Kier molecular flexibility index (Phi) is 2.70. The summed E-state index contributed by atoms with van der Waals surface area (Å²) in [6.07, 6.45) is 0. The molecule has 5 heteroatoms. The van der Waals surface area contributed by atoms with Gasteiger partial charge in [0.25, 0.3) is 0 Å². The number of hydrogen-bond donors (Lipinski definition) is 1. The number of rotatable bonds is 2. The highest BCUT2D eigenvalue weighted by molar-refractivity contribution is 6.34. The zero-order valence-electron chi connectivity index (χ0n) is 5.93. The van der Waals surface area contributed by atoms with Gasteiger partial charge in [-0.1, -0.05) is 17.7 Å². The predicted molar refractivity (Wildman–Crippen MR) is 42.5 cm³/mol. The molecular formula is C7H6ClF2NO. The molecule has 0 unspecified atom stereocenters. The van der Waals surface area contributed by atoms with E-state index in [1.54, 1.807) is 0 Å². The topological polar surface area (TPSA) is 35.2 Å². The molecule has 2 nitrogen and oxygen atoms in total. The van der Waals surface area contributed by atoms with Crippen molar-refractivity contribution in [3.8, 4) is 5.75 Å². The van der Waals surface area contributed by atoms with Gasteiger partial charge in [-0.25, -0.2) is 0 Å². The molecule has 2 N–H and O–H groups in total. The third kappa shape index (κ3) is 1.98. The number of halogens is 3. The van der Waals surface area contributed by atoms with E-state index in [0.29, 0.717) is 0 Å². The molecule has 0 spiro atoms. The minimum Gasteiger partial charge on any atom is -0.433 e. The minimum atomic E-state index is -2.88. The van der Waals surface area contributed by atoms with Gasteiger partial charge in [-0.3, -0.25) is 0 Å². The number of nitrogens with two attached hydrogens (primary N) is 1. The quantitative estimate of drug-likeness (QED) is 0.733. The summed E-state index contributed by atoms with van der Waals surface area (Å²) in [6, 6.07) is 4.31. The van der Waals surface area contributed by atoms with E-state index < -0.39 is 6.61 Å². The van der Waals surface area contributed by atoms with Gasteiger partial charge in [-0.2, -0.15) is 8.78 Å². The molecule has 0 atom stereocenters. The lowest BCUT2D eigenvalue weighted by Gasteiger charge is -2.06. The number of benzene rings is 1. The summed E-state index contributed by atoms with van der Waals surface area (Å²) < 4.78 is 27.5. The number of nitrogen functional groups attached to an aromatic ring is 1. The van der Waals surface area contributed by atoms with E-state index in [0.717, 1.165) is 0 Å². The second-order valence-electron chi connectivity index (χ2n) is 2.04. The van der Waals surface area contributed by atoms with Crippen LogP contribution in [0.1, 0.15) is 0 Å². The molecule has 0 heterocycles. The highest BCUT2D eigenvalue weighted by atomic mass is 35.5. The van der Waals surface area contributed by atoms with Crippen molar-refractivity contribution in [3.63, 3.8) is 0 Å². The molecule has 0 aromatic heterocycles. The number of anilines is 1. The summed E-state index contributed by atoms with van der Waals surface area (Å²) in [6.45, 7) is -2.88. The fraction of sp³-hybridized carbons (Fsp3) is 0.143. The Morgan fingerprint density at radius 1 is 1.42 bits per heavy atom. The Hall–Kier alpha value is -1.03. The first kappa shape index (κ1) is 9.06. The highest BCUT2D eigenvalue weighted by Gasteiger charge is 2.09. The van der Waals surface area contributed by atoms with Crippen molar-refractivity contribution in [1.82, 2.24) is 0 Å². The van der Waals surface area contributed by atoms with Gasteiger partial charge in [-0.15, -0.1) is 0 Å². The maximum Gasteiger partial charge on any atom is 0.387 e. The van der Waals surface area contributed by atoms with E-state index in [9.17, 15) is 8.78 Å². The van der Waals surface area contributed by atoms with Crippen LogP contribution in [0.4, 0.5) is 14.5 Å². The Balaban J connectivity index is 2.92. The third-order valence-corrected chi connectivity index (χ3v) is 1.61. The lowest BCUT2D eigenvalue weighted by molar-refractivity contribution is -0.0497. The van der Waals surface area contributed by atoms with Gasteiger partial charge in [0.1, 0.15) is 10.8 Å². The van der Waals surface area contributed by atoms with Crippen molar-refractivity contribution in [2.75, 3.05) is 5.73 Å². The van der Waals surface area contributed by atoms with Crippen LogP contribution in [0, 0.1) is 0 Å². The summed E-state index contributed by atoms with van der Waals surface area (Å²) in [5.41, 5.74) is 5.56. The fourth-order valence-electron chi connectivity index (χ4n) is 0.715. The molecule has 0 aliphatic rings. The normalized spacial score (nSPS) is 10.3. The Morgan fingerprint density at radius 2 is 2.08 bits per heavy atom. The largest absolute Gasteiger partial charge is 0.433 e. The van der Waals surface area contributed by atoms with E-state index in [-0.39, 0.29) is 16.5 Å². The molecule has 1 aromatic rings.